The van der Waals surface area contributed by atoms with Crippen molar-refractivity contribution in [1.82, 2.24) is 5.43 Å². The maximum atomic E-state index is 12.0. The van der Waals surface area contributed by atoms with Crippen LogP contribution in [0.4, 0.5) is 5.69 Å². The zero-order chi connectivity index (χ0) is 18.4. The van der Waals surface area contributed by atoms with E-state index in [9.17, 15) is 9.59 Å². The Morgan fingerprint density at radius 2 is 1.76 bits per heavy atom. The molecule has 25 heavy (non-hydrogen) atoms. The Labute approximate surface area is 160 Å². The van der Waals surface area contributed by atoms with Crippen molar-refractivity contribution in [1.29, 1.82) is 0 Å². The van der Waals surface area contributed by atoms with Crippen LogP contribution in [0.25, 0.3) is 0 Å². The molecule has 0 fully saturated rings. The van der Waals surface area contributed by atoms with E-state index in [1.54, 1.807) is 43.3 Å². The monoisotopic (exact) mass is 397 g/mol. The molecule has 5 nitrogen and oxygen atoms in total. The summed E-state index contributed by atoms with van der Waals surface area (Å²) in [7, 11) is 0. The first-order valence-corrected chi connectivity index (χ1v) is 8.33. The number of nitrogens with one attached hydrogen (secondary N) is 2. The summed E-state index contributed by atoms with van der Waals surface area (Å²) in [6.07, 6.45) is -0.0121. The van der Waals surface area contributed by atoms with E-state index in [1.807, 2.05) is 0 Å². The molecule has 0 saturated heterocycles. The molecule has 0 radical (unpaired) electrons. The van der Waals surface area contributed by atoms with E-state index in [0.717, 1.165) is 0 Å². The molecular formula is C17H14Cl3N3O2. The van der Waals surface area contributed by atoms with E-state index in [-0.39, 0.29) is 12.3 Å². The summed E-state index contributed by atoms with van der Waals surface area (Å²) in [5.74, 6) is -0.774. The number of anilines is 1. The summed E-state index contributed by atoms with van der Waals surface area (Å²) in [5.41, 5.74) is 3.54. The van der Waals surface area contributed by atoms with Crippen LogP contribution in [-0.2, 0) is 4.79 Å². The molecule has 0 saturated carbocycles. The molecule has 0 aromatic heterocycles. The lowest BCUT2D eigenvalue weighted by Gasteiger charge is -2.08. The third-order valence-corrected chi connectivity index (χ3v) is 3.97. The third kappa shape index (κ3) is 5.74. The highest BCUT2D eigenvalue weighted by Crippen LogP contribution is 2.25. The van der Waals surface area contributed by atoms with E-state index in [0.29, 0.717) is 32.0 Å². The number of rotatable bonds is 5. The Morgan fingerprint density at radius 1 is 1.04 bits per heavy atom. The van der Waals surface area contributed by atoms with Gasteiger partial charge in [0.2, 0.25) is 5.91 Å². The maximum absolute atomic E-state index is 12.0. The molecule has 2 aromatic carbocycles. The highest BCUT2D eigenvalue weighted by atomic mass is 35.5. The molecule has 2 rings (SSSR count). The predicted molar refractivity (Wildman–Crippen MR) is 102 cm³/mol. The van der Waals surface area contributed by atoms with Crippen molar-refractivity contribution in [2.75, 3.05) is 5.32 Å². The molecular weight excluding hydrogens is 385 g/mol. The molecule has 0 aliphatic heterocycles. The van der Waals surface area contributed by atoms with Crippen LogP contribution in [0, 0.1) is 0 Å². The largest absolute Gasteiger partial charge is 0.324 e. The molecule has 0 atom stereocenters. The molecule has 0 spiro atoms. The van der Waals surface area contributed by atoms with Crippen LogP contribution in [-0.4, -0.2) is 17.5 Å². The second-order valence-electron chi connectivity index (χ2n) is 5.12. The van der Waals surface area contributed by atoms with Crippen LogP contribution in [0.5, 0.6) is 0 Å². The Balaban J connectivity index is 1.93. The molecule has 130 valence electrons. The molecule has 2 N–H and O–H groups in total. The van der Waals surface area contributed by atoms with Crippen molar-refractivity contribution >= 4 is 58.0 Å². The normalized spacial score (nSPS) is 11.1. The van der Waals surface area contributed by atoms with E-state index in [1.165, 1.54) is 6.07 Å². The molecule has 0 aliphatic rings. The van der Waals surface area contributed by atoms with Gasteiger partial charge in [0.15, 0.2) is 0 Å². The number of halogens is 3. The lowest BCUT2D eigenvalue weighted by atomic mass is 10.2. The van der Waals surface area contributed by atoms with E-state index in [4.69, 9.17) is 34.8 Å². The number of hydrogen-bond donors (Lipinski definition) is 2. The van der Waals surface area contributed by atoms with E-state index < -0.39 is 5.91 Å². The fraction of sp³-hybridized carbons (Fsp3) is 0.118. The highest BCUT2D eigenvalue weighted by molar-refractivity contribution is 6.36. The lowest BCUT2D eigenvalue weighted by Crippen LogP contribution is -2.21. The maximum Gasteiger partial charge on any atom is 0.272 e. The summed E-state index contributed by atoms with van der Waals surface area (Å²) in [6, 6.07) is 11.4. The second-order valence-corrected chi connectivity index (χ2v) is 6.37. The van der Waals surface area contributed by atoms with Crippen LogP contribution in [0.1, 0.15) is 23.7 Å². The molecule has 2 aromatic rings. The SMILES string of the molecule is C/C(CC(=O)Nc1ccc(Cl)cc1Cl)=N/NC(=O)c1ccccc1Cl. The minimum atomic E-state index is -0.453. The van der Waals surface area contributed by atoms with Gasteiger partial charge in [-0.2, -0.15) is 5.10 Å². The molecule has 8 heteroatoms. The van der Waals surface area contributed by atoms with Gasteiger partial charge in [0, 0.05) is 10.7 Å². The van der Waals surface area contributed by atoms with Gasteiger partial charge in [0.1, 0.15) is 0 Å². The van der Waals surface area contributed by atoms with Crippen molar-refractivity contribution in [3.05, 3.63) is 63.1 Å². The van der Waals surface area contributed by atoms with E-state index >= 15 is 0 Å². The second kappa shape index (κ2) is 8.85. The topological polar surface area (TPSA) is 70.6 Å². The summed E-state index contributed by atoms with van der Waals surface area (Å²) in [5, 5.41) is 7.69. The average Bonchev–Trinajstić information content (AvgIpc) is 2.55. The fourth-order valence-corrected chi connectivity index (χ4v) is 2.59. The van der Waals surface area contributed by atoms with Crippen LogP contribution < -0.4 is 10.7 Å². The van der Waals surface area contributed by atoms with Crippen LogP contribution in [0.3, 0.4) is 0 Å². The molecule has 0 unspecified atom stereocenters. The van der Waals surface area contributed by atoms with Crippen molar-refractivity contribution in [3.63, 3.8) is 0 Å². The fourth-order valence-electron chi connectivity index (χ4n) is 1.91. The smallest absolute Gasteiger partial charge is 0.272 e. The standard InChI is InChI=1S/C17H14Cl3N3O2/c1-10(22-23-17(25)12-4-2-3-5-13(12)19)8-16(24)21-15-7-6-11(18)9-14(15)20/h2-7,9H,8H2,1H3,(H,21,24)(H,23,25)/b22-10-. The third-order valence-electron chi connectivity index (χ3n) is 3.09. The number of carbonyl (C=O) groups excluding carboxylic acids is 2. The van der Waals surface area contributed by atoms with Gasteiger partial charge in [-0.05, 0) is 37.3 Å². The summed E-state index contributed by atoms with van der Waals surface area (Å²) in [4.78, 5) is 24.0. The Bertz CT molecular complexity index is 838. The lowest BCUT2D eigenvalue weighted by molar-refractivity contribution is -0.115. The van der Waals surface area contributed by atoms with Crippen LogP contribution in [0.2, 0.25) is 15.1 Å². The number of benzene rings is 2. The van der Waals surface area contributed by atoms with Crippen LogP contribution >= 0.6 is 34.8 Å². The van der Waals surface area contributed by atoms with Gasteiger partial charge in [0.05, 0.1) is 27.7 Å². The Morgan fingerprint density at radius 3 is 2.44 bits per heavy atom. The van der Waals surface area contributed by atoms with Crippen molar-refractivity contribution in [3.8, 4) is 0 Å². The van der Waals surface area contributed by atoms with Gasteiger partial charge in [-0.3, -0.25) is 9.59 Å². The van der Waals surface area contributed by atoms with Crippen molar-refractivity contribution in [2.24, 2.45) is 5.10 Å². The summed E-state index contributed by atoms with van der Waals surface area (Å²) in [6.45, 7) is 1.62. The number of nitrogens with zero attached hydrogens (tertiary/aromatic N) is 1. The van der Waals surface area contributed by atoms with Crippen LogP contribution in [0.15, 0.2) is 47.6 Å². The van der Waals surface area contributed by atoms with Gasteiger partial charge in [-0.15, -0.1) is 0 Å². The van der Waals surface area contributed by atoms with Gasteiger partial charge in [-0.1, -0.05) is 46.9 Å². The summed E-state index contributed by atoms with van der Waals surface area (Å²) < 4.78 is 0. The Hall–Kier alpha value is -2.08. The minimum Gasteiger partial charge on any atom is -0.324 e. The molecule has 0 bridgehead atoms. The summed E-state index contributed by atoms with van der Waals surface area (Å²) >= 11 is 17.7. The number of carbonyl (C=O) groups is 2. The first kappa shape index (κ1) is 19.2. The van der Waals surface area contributed by atoms with Gasteiger partial charge in [-0.25, -0.2) is 5.43 Å². The first-order chi connectivity index (χ1) is 11.9. The predicted octanol–water partition coefficient (Wildman–Crippen LogP) is 4.78. The minimum absolute atomic E-state index is 0.0121. The first-order valence-electron chi connectivity index (χ1n) is 7.19. The highest BCUT2D eigenvalue weighted by Gasteiger charge is 2.10. The Kier molecular flexibility index (Phi) is 6.82. The van der Waals surface area contributed by atoms with Crippen molar-refractivity contribution < 1.29 is 9.59 Å². The van der Waals surface area contributed by atoms with Gasteiger partial charge >= 0.3 is 0 Å². The zero-order valence-electron chi connectivity index (χ0n) is 13.1. The zero-order valence-corrected chi connectivity index (χ0v) is 15.4. The number of hydrazone groups is 1. The number of hydrogen-bond acceptors (Lipinski definition) is 3. The van der Waals surface area contributed by atoms with Gasteiger partial charge in [0.25, 0.3) is 5.91 Å². The average molecular weight is 399 g/mol. The van der Waals surface area contributed by atoms with Gasteiger partial charge < -0.3 is 5.32 Å². The van der Waals surface area contributed by atoms with Crippen molar-refractivity contribution in [2.45, 2.75) is 13.3 Å². The number of amides is 2. The molecule has 0 heterocycles. The molecule has 0 aliphatic carbocycles. The molecule has 2 amide bonds. The quantitative estimate of drug-likeness (QED) is 0.562. The van der Waals surface area contributed by atoms with E-state index in [2.05, 4.69) is 15.8 Å².